The minimum atomic E-state index is -0.139. The molecule has 1 heterocycles. The number of hydrogen-bond donors (Lipinski definition) is 2. The SMILES string of the molecule is COC(=O)C1CCC(n2ncc(C(=O)NC3CCCCC3)c2N)CC1. The minimum absolute atomic E-state index is 0.0351. The van der Waals surface area contributed by atoms with Crippen LogP contribution in [0.3, 0.4) is 0 Å². The standard InChI is InChI=1S/C18H28N4O3/c1-25-18(24)12-7-9-14(10-8-12)22-16(19)15(11-20-22)17(23)21-13-5-3-2-4-6-13/h11-14H,2-10,19H2,1H3,(H,21,23). The molecule has 1 amide bonds. The van der Waals surface area contributed by atoms with Crippen LogP contribution in [-0.4, -0.2) is 34.8 Å². The molecule has 7 heteroatoms. The molecule has 0 aromatic carbocycles. The van der Waals surface area contributed by atoms with Gasteiger partial charge in [0, 0.05) is 6.04 Å². The number of esters is 1. The Morgan fingerprint density at radius 3 is 2.48 bits per heavy atom. The number of carbonyl (C=O) groups excluding carboxylic acids is 2. The monoisotopic (exact) mass is 348 g/mol. The van der Waals surface area contributed by atoms with E-state index in [0.717, 1.165) is 38.5 Å². The smallest absolute Gasteiger partial charge is 0.308 e. The van der Waals surface area contributed by atoms with Gasteiger partial charge in [0.2, 0.25) is 0 Å². The summed E-state index contributed by atoms with van der Waals surface area (Å²) in [5.74, 6) is 0.125. The molecule has 3 N–H and O–H groups in total. The lowest BCUT2D eigenvalue weighted by Crippen LogP contribution is -2.36. The van der Waals surface area contributed by atoms with Crippen molar-refractivity contribution in [3.8, 4) is 0 Å². The lowest BCUT2D eigenvalue weighted by Gasteiger charge is -2.27. The molecule has 2 aliphatic carbocycles. The third-order valence-corrected chi connectivity index (χ3v) is 5.60. The molecule has 25 heavy (non-hydrogen) atoms. The van der Waals surface area contributed by atoms with Gasteiger partial charge < -0.3 is 15.8 Å². The number of amides is 1. The Balaban J connectivity index is 1.61. The number of carbonyl (C=O) groups is 2. The van der Waals surface area contributed by atoms with Crippen LogP contribution >= 0.6 is 0 Å². The highest BCUT2D eigenvalue weighted by atomic mass is 16.5. The summed E-state index contributed by atoms with van der Waals surface area (Å²) in [7, 11) is 1.43. The van der Waals surface area contributed by atoms with Crippen LogP contribution in [0.2, 0.25) is 0 Å². The molecule has 7 nitrogen and oxygen atoms in total. The summed E-state index contributed by atoms with van der Waals surface area (Å²) in [6.45, 7) is 0. The normalized spacial score (nSPS) is 24.7. The third-order valence-electron chi connectivity index (χ3n) is 5.60. The number of hydrogen-bond acceptors (Lipinski definition) is 5. The number of nitrogens with zero attached hydrogens (tertiary/aromatic N) is 2. The number of rotatable bonds is 4. The number of nitrogen functional groups attached to an aromatic ring is 1. The van der Waals surface area contributed by atoms with E-state index in [1.165, 1.54) is 26.4 Å². The summed E-state index contributed by atoms with van der Waals surface area (Å²) < 4.78 is 6.58. The van der Waals surface area contributed by atoms with Crippen molar-refractivity contribution in [2.45, 2.75) is 69.9 Å². The molecular formula is C18H28N4O3. The topological polar surface area (TPSA) is 99.2 Å². The van der Waals surface area contributed by atoms with Gasteiger partial charge in [-0.3, -0.25) is 9.59 Å². The zero-order valence-corrected chi connectivity index (χ0v) is 14.9. The van der Waals surface area contributed by atoms with Crippen molar-refractivity contribution in [2.75, 3.05) is 12.8 Å². The second-order valence-corrected chi connectivity index (χ2v) is 7.23. The molecular weight excluding hydrogens is 320 g/mol. The summed E-state index contributed by atoms with van der Waals surface area (Å²) in [5, 5.41) is 7.45. The Labute approximate surface area is 148 Å². The molecule has 0 unspecified atom stereocenters. The average Bonchev–Trinajstić information content (AvgIpc) is 3.03. The first-order valence-electron chi connectivity index (χ1n) is 9.31. The van der Waals surface area contributed by atoms with Crippen LogP contribution in [0.25, 0.3) is 0 Å². The predicted molar refractivity (Wildman–Crippen MR) is 94.0 cm³/mol. The maximum absolute atomic E-state index is 12.5. The van der Waals surface area contributed by atoms with Gasteiger partial charge in [0.25, 0.3) is 5.91 Å². The first kappa shape index (κ1) is 17.8. The quantitative estimate of drug-likeness (QED) is 0.814. The first-order chi connectivity index (χ1) is 12.1. The number of nitrogens with two attached hydrogens (primary N) is 1. The second kappa shape index (κ2) is 7.89. The summed E-state index contributed by atoms with van der Waals surface area (Å²) in [5.41, 5.74) is 6.67. The predicted octanol–water partition coefficient (Wildman–Crippen LogP) is 2.43. The summed E-state index contributed by atoms with van der Waals surface area (Å²) in [6.07, 6.45) is 10.4. The highest BCUT2D eigenvalue weighted by molar-refractivity contribution is 5.98. The van der Waals surface area contributed by atoms with Gasteiger partial charge in [-0.25, -0.2) is 4.68 Å². The molecule has 2 fully saturated rings. The molecule has 1 aromatic heterocycles. The van der Waals surface area contributed by atoms with Gasteiger partial charge in [0.15, 0.2) is 0 Å². The van der Waals surface area contributed by atoms with Crippen LogP contribution in [-0.2, 0) is 9.53 Å². The van der Waals surface area contributed by atoms with Gasteiger partial charge in [-0.2, -0.15) is 5.10 Å². The van der Waals surface area contributed by atoms with Crippen molar-refractivity contribution >= 4 is 17.7 Å². The zero-order chi connectivity index (χ0) is 17.8. The fourth-order valence-corrected chi connectivity index (χ4v) is 4.07. The summed E-state index contributed by atoms with van der Waals surface area (Å²) >= 11 is 0. The molecule has 0 bridgehead atoms. The van der Waals surface area contributed by atoms with Crippen LogP contribution in [0.4, 0.5) is 5.82 Å². The number of anilines is 1. The Kier molecular flexibility index (Phi) is 5.60. The molecule has 3 rings (SSSR count). The number of nitrogens with one attached hydrogen (secondary N) is 1. The minimum Gasteiger partial charge on any atom is -0.469 e. The van der Waals surface area contributed by atoms with Crippen LogP contribution in [0.1, 0.15) is 74.2 Å². The van der Waals surface area contributed by atoms with Gasteiger partial charge in [-0.1, -0.05) is 19.3 Å². The van der Waals surface area contributed by atoms with Crippen LogP contribution in [0.5, 0.6) is 0 Å². The molecule has 2 aliphatic rings. The van der Waals surface area contributed by atoms with Crippen molar-refractivity contribution in [3.05, 3.63) is 11.8 Å². The van der Waals surface area contributed by atoms with Gasteiger partial charge >= 0.3 is 5.97 Å². The van der Waals surface area contributed by atoms with Crippen molar-refractivity contribution in [3.63, 3.8) is 0 Å². The molecule has 0 spiro atoms. The Bertz CT molecular complexity index is 614. The maximum Gasteiger partial charge on any atom is 0.308 e. The summed E-state index contributed by atoms with van der Waals surface area (Å²) in [4.78, 5) is 24.1. The van der Waals surface area contributed by atoms with Crippen molar-refractivity contribution in [1.82, 2.24) is 15.1 Å². The molecule has 0 atom stereocenters. The molecule has 138 valence electrons. The Morgan fingerprint density at radius 1 is 1.16 bits per heavy atom. The van der Waals surface area contributed by atoms with Gasteiger partial charge in [0.1, 0.15) is 11.4 Å². The van der Waals surface area contributed by atoms with Gasteiger partial charge in [-0.15, -0.1) is 0 Å². The average molecular weight is 348 g/mol. The summed E-state index contributed by atoms with van der Waals surface area (Å²) in [6, 6.07) is 0.386. The number of aromatic nitrogens is 2. The van der Waals surface area contributed by atoms with Crippen molar-refractivity contribution < 1.29 is 14.3 Å². The lowest BCUT2D eigenvalue weighted by atomic mass is 9.86. The number of methoxy groups -OCH3 is 1. The van der Waals surface area contributed by atoms with Gasteiger partial charge in [0.05, 0.1) is 25.3 Å². The third kappa shape index (κ3) is 3.96. The molecule has 0 aliphatic heterocycles. The van der Waals surface area contributed by atoms with E-state index in [-0.39, 0.29) is 29.9 Å². The second-order valence-electron chi connectivity index (χ2n) is 7.23. The van der Waals surface area contributed by atoms with E-state index in [0.29, 0.717) is 11.4 Å². The van der Waals surface area contributed by atoms with E-state index in [9.17, 15) is 9.59 Å². The molecule has 0 radical (unpaired) electrons. The number of ether oxygens (including phenoxy) is 1. The van der Waals surface area contributed by atoms with E-state index >= 15 is 0 Å². The molecule has 2 saturated carbocycles. The highest BCUT2D eigenvalue weighted by Gasteiger charge is 2.30. The van der Waals surface area contributed by atoms with Crippen molar-refractivity contribution in [1.29, 1.82) is 0 Å². The van der Waals surface area contributed by atoms with Crippen molar-refractivity contribution in [2.24, 2.45) is 5.92 Å². The maximum atomic E-state index is 12.5. The van der Waals surface area contributed by atoms with Crippen LogP contribution in [0.15, 0.2) is 6.20 Å². The fourth-order valence-electron chi connectivity index (χ4n) is 4.07. The van der Waals surface area contributed by atoms with E-state index in [1.807, 2.05) is 0 Å². The highest BCUT2D eigenvalue weighted by Crippen LogP contribution is 2.34. The Hall–Kier alpha value is -2.05. The zero-order valence-electron chi connectivity index (χ0n) is 14.9. The van der Waals surface area contributed by atoms with Gasteiger partial charge in [-0.05, 0) is 38.5 Å². The van der Waals surface area contributed by atoms with E-state index in [1.54, 1.807) is 10.9 Å². The fraction of sp³-hybridized carbons (Fsp3) is 0.722. The lowest BCUT2D eigenvalue weighted by molar-refractivity contribution is -0.146. The van der Waals surface area contributed by atoms with E-state index in [2.05, 4.69) is 10.4 Å². The largest absolute Gasteiger partial charge is 0.469 e. The van der Waals surface area contributed by atoms with E-state index < -0.39 is 0 Å². The van der Waals surface area contributed by atoms with Crippen LogP contribution < -0.4 is 11.1 Å². The Morgan fingerprint density at radius 2 is 1.84 bits per heavy atom. The molecule has 1 aromatic rings. The van der Waals surface area contributed by atoms with E-state index in [4.69, 9.17) is 10.5 Å². The first-order valence-corrected chi connectivity index (χ1v) is 9.31. The molecule has 0 saturated heterocycles. The van der Waals surface area contributed by atoms with Crippen LogP contribution in [0, 0.1) is 5.92 Å².